The van der Waals surface area contributed by atoms with Gasteiger partial charge in [0.25, 0.3) is 0 Å². The standard InChI is InChI=1S/C16H17ClFNO/c1-12-3-2-4-15(9-12)20-8-7-19-11-13-10-14(17)5-6-16(13)18/h2-6,9-10,19H,7-8,11H2,1H3. The van der Waals surface area contributed by atoms with Crippen LogP contribution in [0, 0.1) is 12.7 Å². The van der Waals surface area contributed by atoms with E-state index in [1.165, 1.54) is 6.07 Å². The van der Waals surface area contributed by atoms with Crippen molar-refractivity contribution < 1.29 is 9.13 Å². The molecule has 0 fully saturated rings. The van der Waals surface area contributed by atoms with Crippen LogP contribution in [0.3, 0.4) is 0 Å². The molecule has 0 amide bonds. The number of aryl methyl sites for hydroxylation is 1. The lowest BCUT2D eigenvalue weighted by molar-refractivity contribution is 0.313. The lowest BCUT2D eigenvalue weighted by Crippen LogP contribution is -2.21. The van der Waals surface area contributed by atoms with Crippen molar-refractivity contribution in [1.29, 1.82) is 0 Å². The Kier molecular flexibility index (Phi) is 5.39. The van der Waals surface area contributed by atoms with Crippen molar-refractivity contribution in [2.24, 2.45) is 0 Å². The van der Waals surface area contributed by atoms with Crippen molar-refractivity contribution in [3.05, 3.63) is 64.4 Å². The van der Waals surface area contributed by atoms with Crippen LogP contribution >= 0.6 is 11.6 Å². The van der Waals surface area contributed by atoms with Gasteiger partial charge in [-0.2, -0.15) is 0 Å². The highest BCUT2D eigenvalue weighted by Gasteiger charge is 2.02. The second-order valence-corrected chi connectivity index (χ2v) is 5.01. The van der Waals surface area contributed by atoms with Gasteiger partial charge in [0.05, 0.1) is 0 Å². The SMILES string of the molecule is Cc1cccc(OCCNCc2cc(Cl)ccc2F)c1. The fraction of sp³-hybridized carbons (Fsp3) is 0.250. The molecule has 0 bridgehead atoms. The maximum Gasteiger partial charge on any atom is 0.127 e. The van der Waals surface area contributed by atoms with Crippen LogP contribution in [0.1, 0.15) is 11.1 Å². The molecular weight excluding hydrogens is 277 g/mol. The molecule has 20 heavy (non-hydrogen) atoms. The molecule has 0 unspecified atom stereocenters. The molecule has 0 aliphatic heterocycles. The Labute approximate surface area is 123 Å². The molecule has 106 valence electrons. The minimum Gasteiger partial charge on any atom is -0.492 e. The first kappa shape index (κ1) is 14.8. The smallest absolute Gasteiger partial charge is 0.127 e. The quantitative estimate of drug-likeness (QED) is 0.814. The van der Waals surface area contributed by atoms with Gasteiger partial charge in [0, 0.05) is 23.7 Å². The molecule has 2 rings (SSSR count). The Morgan fingerprint density at radius 3 is 2.85 bits per heavy atom. The van der Waals surface area contributed by atoms with Gasteiger partial charge < -0.3 is 10.1 Å². The fourth-order valence-corrected chi connectivity index (χ4v) is 2.04. The van der Waals surface area contributed by atoms with Gasteiger partial charge in [-0.3, -0.25) is 0 Å². The molecule has 0 aromatic heterocycles. The number of ether oxygens (including phenoxy) is 1. The summed E-state index contributed by atoms with van der Waals surface area (Å²) in [5, 5.41) is 3.67. The van der Waals surface area contributed by atoms with Crippen molar-refractivity contribution in [1.82, 2.24) is 5.32 Å². The lowest BCUT2D eigenvalue weighted by Gasteiger charge is -2.09. The van der Waals surface area contributed by atoms with E-state index in [4.69, 9.17) is 16.3 Å². The summed E-state index contributed by atoms with van der Waals surface area (Å²) in [7, 11) is 0. The van der Waals surface area contributed by atoms with Gasteiger partial charge in [0.1, 0.15) is 18.2 Å². The summed E-state index contributed by atoms with van der Waals surface area (Å²) in [5.74, 6) is 0.599. The van der Waals surface area contributed by atoms with Crippen molar-refractivity contribution in [3.8, 4) is 5.75 Å². The van der Waals surface area contributed by atoms with E-state index in [1.54, 1.807) is 12.1 Å². The van der Waals surface area contributed by atoms with Crippen LogP contribution in [-0.2, 0) is 6.54 Å². The maximum atomic E-state index is 13.5. The van der Waals surface area contributed by atoms with E-state index in [0.717, 1.165) is 11.3 Å². The van der Waals surface area contributed by atoms with E-state index in [2.05, 4.69) is 5.32 Å². The molecule has 2 aromatic rings. The summed E-state index contributed by atoms with van der Waals surface area (Å²) in [6, 6.07) is 12.4. The minimum absolute atomic E-state index is 0.249. The molecule has 0 spiro atoms. The van der Waals surface area contributed by atoms with Gasteiger partial charge in [0.2, 0.25) is 0 Å². The highest BCUT2D eigenvalue weighted by molar-refractivity contribution is 6.30. The van der Waals surface area contributed by atoms with Crippen LogP contribution in [0.25, 0.3) is 0 Å². The number of nitrogens with one attached hydrogen (secondary N) is 1. The highest BCUT2D eigenvalue weighted by atomic mass is 35.5. The van der Waals surface area contributed by atoms with E-state index in [9.17, 15) is 4.39 Å². The van der Waals surface area contributed by atoms with Crippen LogP contribution in [0.4, 0.5) is 4.39 Å². The van der Waals surface area contributed by atoms with Gasteiger partial charge in [-0.15, -0.1) is 0 Å². The summed E-state index contributed by atoms with van der Waals surface area (Å²) in [6.07, 6.45) is 0. The number of benzene rings is 2. The maximum absolute atomic E-state index is 13.5. The van der Waals surface area contributed by atoms with Crippen molar-refractivity contribution in [2.75, 3.05) is 13.2 Å². The van der Waals surface area contributed by atoms with Crippen LogP contribution < -0.4 is 10.1 Å². The summed E-state index contributed by atoms with van der Waals surface area (Å²) in [4.78, 5) is 0. The normalized spacial score (nSPS) is 10.6. The first-order chi connectivity index (χ1) is 9.65. The lowest BCUT2D eigenvalue weighted by atomic mass is 10.2. The summed E-state index contributed by atoms with van der Waals surface area (Å²) >= 11 is 5.83. The fourth-order valence-electron chi connectivity index (χ4n) is 1.85. The number of rotatable bonds is 6. The summed E-state index contributed by atoms with van der Waals surface area (Å²) < 4.78 is 19.1. The second-order valence-electron chi connectivity index (χ2n) is 4.58. The molecule has 0 aliphatic carbocycles. The molecule has 0 atom stereocenters. The third kappa shape index (κ3) is 4.51. The van der Waals surface area contributed by atoms with Crippen LogP contribution in [0.2, 0.25) is 5.02 Å². The molecular formula is C16H17ClFNO. The monoisotopic (exact) mass is 293 g/mol. The Bertz CT molecular complexity index is 574. The van der Waals surface area contributed by atoms with Gasteiger partial charge in [-0.25, -0.2) is 4.39 Å². The Morgan fingerprint density at radius 1 is 1.20 bits per heavy atom. The van der Waals surface area contributed by atoms with Gasteiger partial charge in [-0.05, 0) is 42.8 Å². The van der Waals surface area contributed by atoms with Crippen molar-refractivity contribution in [3.63, 3.8) is 0 Å². The number of hydrogen-bond acceptors (Lipinski definition) is 2. The zero-order chi connectivity index (χ0) is 14.4. The average Bonchev–Trinajstić information content (AvgIpc) is 2.42. The molecule has 0 radical (unpaired) electrons. The Balaban J connectivity index is 1.73. The van der Waals surface area contributed by atoms with E-state index in [-0.39, 0.29) is 5.82 Å². The Morgan fingerprint density at radius 2 is 2.05 bits per heavy atom. The molecule has 0 saturated carbocycles. The molecule has 2 aromatic carbocycles. The minimum atomic E-state index is -0.249. The molecule has 4 heteroatoms. The van der Waals surface area contributed by atoms with Crippen molar-refractivity contribution in [2.45, 2.75) is 13.5 Å². The first-order valence-corrected chi connectivity index (χ1v) is 6.87. The van der Waals surface area contributed by atoms with Crippen LogP contribution in [0.5, 0.6) is 5.75 Å². The molecule has 0 saturated heterocycles. The van der Waals surface area contributed by atoms with E-state index >= 15 is 0 Å². The van der Waals surface area contributed by atoms with Crippen LogP contribution in [0.15, 0.2) is 42.5 Å². The van der Waals surface area contributed by atoms with Crippen molar-refractivity contribution >= 4 is 11.6 Å². The predicted octanol–water partition coefficient (Wildman–Crippen LogP) is 3.96. The average molecular weight is 294 g/mol. The molecule has 2 nitrogen and oxygen atoms in total. The van der Waals surface area contributed by atoms with E-state index in [1.807, 2.05) is 31.2 Å². The molecule has 1 N–H and O–H groups in total. The largest absolute Gasteiger partial charge is 0.492 e. The Hall–Kier alpha value is -1.58. The third-order valence-corrected chi connectivity index (χ3v) is 3.10. The zero-order valence-corrected chi connectivity index (χ0v) is 12.1. The summed E-state index contributed by atoms with van der Waals surface area (Å²) in [5.41, 5.74) is 1.73. The van der Waals surface area contributed by atoms with Gasteiger partial charge in [0.15, 0.2) is 0 Å². The predicted molar refractivity (Wildman–Crippen MR) is 79.8 cm³/mol. The van der Waals surface area contributed by atoms with E-state index < -0.39 is 0 Å². The zero-order valence-electron chi connectivity index (χ0n) is 11.3. The number of hydrogen-bond donors (Lipinski definition) is 1. The molecule has 0 aliphatic rings. The first-order valence-electron chi connectivity index (χ1n) is 6.49. The summed E-state index contributed by atoms with van der Waals surface area (Å²) in [6.45, 7) is 3.63. The molecule has 0 heterocycles. The van der Waals surface area contributed by atoms with E-state index in [0.29, 0.717) is 30.3 Å². The third-order valence-electron chi connectivity index (χ3n) is 2.86. The van der Waals surface area contributed by atoms with Crippen LogP contribution in [-0.4, -0.2) is 13.2 Å². The number of halogens is 2. The highest BCUT2D eigenvalue weighted by Crippen LogP contribution is 2.14. The second kappa shape index (κ2) is 7.27. The van der Waals surface area contributed by atoms with Gasteiger partial charge in [-0.1, -0.05) is 23.7 Å². The van der Waals surface area contributed by atoms with Gasteiger partial charge >= 0.3 is 0 Å². The topological polar surface area (TPSA) is 21.3 Å².